The fraction of sp³-hybridized carbons (Fsp3) is 0.684. The Morgan fingerprint density at radius 1 is 0.853 bits per heavy atom. The number of carbonyl (C=O) groups excluding carboxylic acids is 4. The van der Waals surface area contributed by atoms with Crippen molar-refractivity contribution in [1.29, 1.82) is 0 Å². The van der Waals surface area contributed by atoms with Crippen LogP contribution in [0.2, 0.25) is 0 Å². The molecule has 0 saturated carbocycles. The summed E-state index contributed by atoms with van der Waals surface area (Å²) in [6, 6.07) is -5.75. The molecule has 0 spiro atoms. The number of aliphatic hydroxyl groups excluding tert-OH is 1. The highest BCUT2D eigenvalue weighted by molar-refractivity contribution is 5.96. The summed E-state index contributed by atoms with van der Waals surface area (Å²) in [6.07, 6.45) is -1.82. The maximum absolute atomic E-state index is 12.8. The summed E-state index contributed by atoms with van der Waals surface area (Å²) in [5.74, 6) is -6.44. The van der Waals surface area contributed by atoms with E-state index < -0.39 is 78.7 Å². The molecule has 0 aromatic rings. The van der Waals surface area contributed by atoms with Crippen LogP contribution in [-0.4, -0.2) is 87.7 Å². The molecule has 5 atom stereocenters. The van der Waals surface area contributed by atoms with Gasteiger partial charge in [0.05, 0.1) is 18.6 Å². The third-order valence-electron chi connectivity index (χ3n) is 4.67. The number of hydrogen-bond donors (Lipinski definition) is 9. The summed E-state index contributed by atoms with van der Waals surface area (Å²) in [7, 11) is 0. The van der Waals surface area contributed by atoms with Gasteiger partial charge in [0, 0.05) is 6.42 Å². The zero-order valence-electron chi connectivity index (χ0n) is 18.9. The van der Waals surface area contributed by atoms with Gasteiger partial charge in [0.25, 0.3) is 0 Å². The first kappa shape index (κ1) is 30.7. The van der Waals surface area contributed by atoms with Crippen LogP contribution in [0, 0.1) is 0 Å². The van der Waals surface area contributed by atoms with E-state index in [1.807, 2.05) is 0 Å². The van der Waals surface area contributed by atoms with Gasteiger partial charge in [-0.2, -0.15) is 0 Å². The Morgan fingerprint density at radius 3 is 1.88 bits per heavy atom. The number of rotatable bonds is 17. The molecule has 34 heavy (non-hydrogen) atoms. The van der Waals surface area contributed by atoms with Gasteiger partial charge in [-0.1, -0.05) is 0 Å². The first-order valence-corrected chi connectivity index (χ1v) is 10.6. The lowest BCUT2D eigenvalue weighted by atomic mass is 10.1. The number of nitrogens with one attached hydrogen (secondary N) is 3. The molecule has 5 unspecified atom stereocenters. The SMILES string of the molecule is CC(O)C(NC(=O)C(CCCCN)NC(=O)C(CC(N)=O)NC(=O)C(N)CCC(=O)O)C(=O)O. The predicted octanol–water partition coefficient (Wildman–Crippen LogP) is -3.90. The van der Waals surface area contributed by atoms with Crippen LogP contribution in [0.1, 0.15) is 45.4 Å². The number of aliphatic carboxylic acids is 2. The number of nitrogens with two attached hydrogens (primary N) is 3. The summed E-state index contributed by atoms with van der Waals surface area (Å²) in [5.41, 5.74) is 16.2. The average Bonchev–Trinajstić information content (AvgIpc) is 2.73. The first-order chi connectivity index (χ1) is 15.8. The monoisotopic (exact) mass is 490 g/mol. The molecule has 0 aromatic heterocycles. The molecule has 0 heterocycles. The summed E-state index contributed by atoms with van der Waals surface area (Å²) in [5, 5.41) is 34.1. The van der Waals surface area contributed by atoms with E-state index in [2.05, 4.69) is 16.0 Å². The Balaban J connectivity index is 5.50. The molecule has 194 valence electrons. The van der Waals surface area contributed by atoms with Crippen LogP contribution in [0.5, 0.6) is 0 Å². The van der Waals surface area contributed by atoms with Crippen LogP contribution < -0.4 is 33.2 Å². The zero-order chi connectivity index (χ0) is 26.4. The van der Waals surface area contributed by atoms with Gasteiger partial charge in [-0.25, -0.2) is 4.79 Å². The minimum absolute atomic E-state index is 0.0380. The van der Waals surface area contributed by atoms with Crippen molar-refractivity contribution in [2.75, 3.05) is 6.54 Å². The summed E-state index contributed by atoms with van der Waals surface area (Å²) >= 11 is 0. The van der Waals surface area contributed by atoms with Gasteiger partial charge in [-0.05, 0) is 39.2 Å². The molecule has 0 aliphatic heterocycles. The fourth-order valence-electron chi connectivity index (χ4n) is 2.78. The molecule has 0 aromatic carbocycles. The first-order valence-electron chi connectivity index (χ1n) is 10.6. The third-order valence-corrected chi connectivity index (χ3v) is 4.67. The van der Waals surface area contributed by atoms with E-state index in [-0.39, 0.29) is 12.8 Å². The second-order valence-electron chi connectivity index (χ2n) is 7.68. The van der Waals surface area contributed by atoms with Gasteiger partial charge in [0.1, 0.15) is 12.1 Å². The quantitative estimate of drug-likeness (QED) is 0.0888. The molecule has 15 heteroatoms. The number of carbonyl (C=O) groups is 6. The minimum atomic E-state index is -1.64. The summed E-state index contributed by atoms with van der Waals surface area (Å²) in [6.45, 7) is 1.45. The Bertz CT molecular complexity index is 746. The van der Waals surface area contributed by atoms with Gasteiger partial charge < -0.3 is 48.5 Å². The van der Waals surface area contributed by atoms with E-state index in [9.17, 15) is 33.9 Å². The molecule has 0 aliphatic rings. The highest BCUT2D eigenvalue weighted by atomic mass is 16.4. The van der Waals surface area contributed by atoms with Crippen molar-refractivity contribution in [2.24, 2.45) is 17.2 Å². The fourth-order valence-corrected chi connectivity index (χ4v) is 2.78. The summed E-state index contributed by atoms with van der Waals surface area (Å²) < 4.78 is 0. The van der Waals surface area contributed by atoms with Gasteiger partial charge in [0.15, 0.2) is 6.04 Å². The van der Waals surface area contributed by atoms with Crippen LogP contribution in [0.25, 0.3) is 0 Å². The topological polar surface area (TPSA) is 277 Å². The third kappa shape index (κ3) is 12.1. The number of carboxylic acids is 2. The number of primary amides is 1. The Kier molecular flexibility index (Phi) is 14.0. The normalized spacial score (nSPS) is 15.2. The molecule has 12 N–H and O–H groups in total. The molecule has 0 aliphatic carbocycles. The molecular weight excluding hydrogens is 456 g/mol. The number of unbranched alkanes of at least 4 members (excludes halogenated alkanes) is 1. The number of aliphatic hydroxyl groups is 1. The molecule has 4 amide bonds. The molecule has 0 bridgehead atoms. The molecule has 0 rings (SSSR count). The van der Waals surface area contributed by atoms with Crippen molar-refractivity contribution >= 4 is 35.6 Å². The van der Waals surface area contributed by atoms with Crippen LogP contribution in [-0.2, 0) is 28.8 Å². The van der Waals surface area contributed by atoms with E-state index >= 15 is 0 Å². The van der Waals surface area contributed by atoms with E-state index in [1.165, 1.54) is 0 Å². The molecular formula is C19H34N6O9. The smallest absolute Gasteiger partial charge is 0.328 e. The van der Waals surface area contributed by atoms with Crippen LogP contribution in [0.15, 0.2) is 0 Å². The largest absolute Gasteiger partial charge is 0.481 e. The average molecular weight is 491 g/mol. The zero-order valence-corrected chi connectivity index (χ0v) is 18.9. The van der Waals surface area contributed by atoms with Crippen molar-refractivity contribution in [3.05, 3.63) is 0 Å². The van der Waals surface area contributed by atoms with Crippen molar-refractivity contribution in [1.82, 2.24) is 16.0 Å². The lowest BCUT2D eigenvalue weighted by Gasteiger charge is -2.25. The van der Waals surface area contributed by atoms with E-state index in [4.69, 9.17) is 27.4 Å². The van der Waals surface area contributed by atoms with Gasteiger partial charge in [-0.15, -0.1) is 0 Å². The second kappa shape index (κ2) is 15.5. The van der Waals surface area contributed by atoms with E-state index in [1.54, 1.807) is 0 Å². The number of carboxylic acid groups (broad SMARTS) is 2. The van der Waals surface area contributed by atoms with Gasteiger partial charge >= 0.3 is 11.9 Å². The van der Waals surface area contributed by atoms with Crippen molar-refractivity contribution in [2.45, 2.75) is 75.7 Å². The van der Waals surface area contributed by atoms with Crippen molar-refractivity contribution in [3.8, 4) is 0 Å². The van der Waals surface area contributed by atoms with E-state index in [0.717, 1.165) is 6.92 Å². The Labute approximate surface area is 195 Å². The molecule has 15 nitrogen and oxygen atoms in total. The second-order valence-corrected chi connectivity index (χ2v) is 7.68. The minimum Gasteiger partial charge on any atom is -0.481 e. The number of hydrogen-bond acceptors (Lipinski definition) is 9. The van der Waals surface area contributed by atoms with Crippen LogP contribution in [0.4, 0.5) is 0 Å². The lowest BCUT2D eigenvalue weighted by Crippen LogP contribution is -2.58. The lowest BCUT2D eigenvalue weighted by molar-refractivity contribution is -0.145. The summed E-state index contributed by atoms with van der Waals surface area (Å²) in [4.78, 5) is 70.9. The molecule has 0 saturated heterocycles. The Morgan fingerprint density at radius 2 is 1.41 bits per heavy atom. The van der Waals surface area contributed by atoms with Crippen molar-refractivity contribution < 1.29 is 44.1 Å². The number of amides is 4. The van der Waals surface area contributed by atoms with E-state index in [0.29, 0.717) is 19.4 Å². The van der Waals surface area contributed by atoms with Gasteiger partial charge in [-0.3, -0.25) is 24.0 Å². The van der Waals surface area contributed by atoms with Crippen LogP contribution in [0.3, 0.4) is 0 Å². The molecule has 0 fully saturated rings. The highest BCUT2D eigenvalue weighted by Crippen LogP contribution is 2.05. The highest BCUT2D eigenvalue weighted by Gasteiger charge is 2.32. The maximum Gasteiger partial charge on any atom is 0.328 e. The van der Waals surface area contributed by atoms with Gasteiger partial charge in [0.2, 0.25) is 23.6 Å². The molecule has 0 radical (unpaired) electrons. The predicted molar refractivity (Wildman–Crippen MR) is 117 cm³/mol. The van der Waals surface area contributed by atoms with Crippen LogP contribution >= 0.6 is 0 Å². The Hall–Kier alpha value is -3.30. The standard InChI is InChI=1S/C19H34N6O9/c1-9(26)15(19(33)34)25-17(31)11(4-2-3-7-20)23-18(32)12(8-13(22)27)24-16(30)10(21)5-6-14(28)29/h9-12,15,26H,2-8,20-21H2,1H3,(H2,22,27)(H,23,32)(H,24,30)(H,25,31)(H,28,29)(H,33,34). The maximum atomic E-state index is 12.8. The van der Waals surface area contributed by atoms with Crippen molar-refractivity contribution in [3.63, 3.8) is 0 Å².